The van der Waals surface area contributed by atoms with E-state index in [1.165, 1.54) is 0 Å². The number of hydrogen-bond acceptors (Lipinski definition) is 7. The molecule has 8 heteroatoms. The summed E-state index contributed by atoms with van der Waals surface area (Å²) >= 11 is 0. The van der Waals surface area contributed by atoms with Gasteiger partial charge in [0.2, 0.25) is 5.89 Å². The van der Waals surface area contributed by atoms with Gasteiger partial charge in [0.1, 0.15) is 0 Å². The number of carbonyl (C=O) groups is 1. The molecule has 1 aromatic carbocycles. The van der Waals surface area contributed by atoms with Crippen molar-refractivity contribution in [2.75, 3.05) is 0 Å². The van der Waals surface area contributed by atoms with E-state index in [4.69, 9.17) is 14.1 Å². The second-order valence-corrected chi connectivity index (χ2v) is 7.75. The van der Waals surface area contributed by atoms with Gasteiger partial charge in [0.25, 0.3) is 5.89 Å². The zero-order valence-electron chi connectivity index (χ0n) is 18.1. The fraction of sp³-hybridized carbons (Fsp3) is 0.348. The van der Waals surface area contributed by atoms with E-state index in [9.17, 15) is 4.79 Å². The molecule has 0 radical (unpaired) electrons. The van der Waals surface area contributed by atoms with Gasteiger partial charge in [-0.1, -0.05) is 18.2 Å². The van der Waals surface area contributed by atoms with Crippen molar-refractivity contribution in [2.45, 2.75) is 53.2 Å². The highest BCUT2D eigenvalue weighted by atomic mass is 16.5. The summed E-state index contributed by atoms with van der Waals surface area (Å²) in [6.45, 7) is 8.13. The van der Waals surface area contributed by atoms with Crippen molar-refractivity contribution in [1.82, 2.24) is 25.0 Å². The molecule has 0 aliphatic rings. The van der Waals surface area contributed by atoms with E-state index in [2.05, 4.69) is 29.1 Å². The molecule has 8 nitrogen and oxygen atoms in total. The van der Waals surface area contributed by atoms with Crippen LogP contribution < -0.4 is 0 Å². The maximum atomic E-state index is 12.3. The summed E-state index contributed by atoms with van der Waals surface area (Å²) in [6, 6.07) is 9.69. The van der Waals surface area contributed by atoms with Gasteiger partial charge in [0, 0.05) is 29.1 Å². The molecular formula is C23H25N5O3. The normalized spacial score (nSPS) is 11.4. The minimum Gasteiger partial charge on any atom is -0.456 e. The van der Waals surface area contributed by atoms with Gasteiger partial charge in [-0.2, -0.15) is 5.10 Å². The van der Waals surface area contributed by atoms with Crippen molar-refractivity contribution >= 4 is 17.0 Å². The van der Waals surface area contributed by atoms with Crippen LogP contribution >= 0.6 is 0 Å². The van der Waals surface area contributed by atoms with Crippen molar-refractivity contribution < 1.29 is 13.9 Å². The lowest BCUT2D eigenvalue weighted by Gasteiger charge is -2.12. The van der Waals surface area contributed by atoms with Crippen LogP contribution in [0.3, 0.4) is 0 Å². The lowest BCUT2D eigenvalue weighted by atomic mass is 10.0. The molecule has 3 aromatic heterocycles. The van der Waals surface area contributed by atoms with Gasteiger partial charge < -0.3 is 9.15 Å². The number of rotatable bonds is 7. The molecule has 3 heterocycles. The fourth-order valence-electron chi connectivity index (χ4n) is 3.59. The Kier molecular flexibility index (Phi) is 5.79. The van der Waals surface area contributed by atoms with Gasteiger partial charge >= 0.3 is 5.97 Å². The average molecular weight is 419 g/mol. The van der Waals surface area contributed by atoms with Gasteiger partial charge in [0.15, 0.2) is 12.3 Å². The monoisotopic (exact) mass is 419 g/mol. The van der Waals surface area contributed by atoms with Crippen LogP contribution in [0.2, 0.25) is 0 Å². The van der Waals surface area contributed by atoms with Gasteiger partial charge in [-0.15, -0.1) is 10.2 Å². The van der Waals surface area contributed by atoms with Gasteiger partial charge in [-0.05, 0) is 57.4 Å². The number of aromatic nitrogens is 5. The van der Waals surface area contributed by atoms with Crippen molar-refractivity contribution in [3.05, 3.63) is 59.2 Å². The molecule has 4 aromatic rings. The average Bonchev–Trinajstić information content (AvgIpc) is 3.40. The molecular weight excluding hydrogens is 394 g/mol. The first-order chi connectivity index (χ1) is 14.9. The largest absolute Gasteiger partial charge is 0.456 e. The fourth-order valence-corrected chi connectivity index (χ4v) is 3.59. The molecule has 0 saturated carbocycles. The molecule has 0 atom stereocenters. The van der Waals surface area contributed by atoms with E-state index in [1.54, 1.807) is 0 Å². The Hall–Kier alpha value is -3.55. The van der Waals surface area contributed by atoms with Crippen LogP contribution in [0.4, 0.5) is 0 Å². The first-order valence-electron chi connectivity index (χ1n) is 10.3. The Morgan fingerprint density at radius 2 is 1.94 bits per heavy atom. The summed E-state index contributed by atoms with van der Waals surface area (Å²) < 4.78 is 12.8. The zero-order valence-corrected chi connectivity index (χ0v) is 18.1. The molecule has 0 fully saturated rings. The van der Waals surface area contributed by atoms with Crippen LogP contribution in [0.5, 0.6) is 0 Å². The van der Waals surface area contributed by atoms with E-state index in [1.807, 2.05) is 55.1 Å². The molecule has 0 spiro atoms. The Morgan fingerprint density at radius 3 is 2.68 bits per heavy atom. The smallest absolute Gasteiger partial charge is 0.306 e. The quantitative estimate of drug-likeness (QED) is 0.411. The first-order valence-corrected chi connectivity index (χ1v) is 10.3. The molecule has 160 valence electrons. The lowest BCUT2D eigenvalue weighted by molar-refractivity contribution is -0.145. The van der Waals surface area contributed by atoms with Crippen LogP contribution in [0.1, 0.15) is 49.0 Å². The van der Waals surface area contributed by atoms with Gasteiger partial charge in [-0.3, -0.25) is 4.79 Å². The van der Waals surface area contributed by atoms with E-state index in [-0.39, 0.29) is 30.9 Å². The number of benzene rings is 1. The molecule has 0 aliphatic carbocycles. The van der Waals surface area contributed by atoms with Crippen LogP contribution in [-0.4, -0.2) is 30.9 Å². The topological polar surface area (TPSA) is 95.9 Å². The molecule has 31 heavy (non-hydrogen) atoms. The first kappa shape index (κ1) is 20.7. The van der Waals surface area contributed by atoms with Crippen LogP contribution in [0, 0.1) is 13.8 Å². The minimum atomic E-state index is -0.323. The summed E-state index contributed by atoms with van der Waals surface area (Å²) in [6.07, 6.45) is 2.64. The molecule has 4 rings (SSSR count). The molecule has 0 saturated heterocycles. The summed E-state index contributed by atoms with van der Waals surface area (Å²) in [4.78, 5) is 17.0. The highest BCUT2D eigenvalue weighted by Gasteiger charge is 2.17. The van der Waals surface area contributed by atoms with E-state index in [0.29, 0.717) is 12.3 Å². The Balaban J connectivity index is 1.38. The van der Waals surface area contributed by atoms with Crippen molar-refractivity contribution in [2.24, 2.45) is 0 Å². The Morgan fingerprint density at radius 1 is 1.16 bits per heavy atom. The standard InChI is InChI=1S/C23H25N5O3/c1-14(2)28-22-19(12-24-28)15(3)18(16(4)25-22)10-11-21(29)30-13-20-26-27-23(31-20)17-8-6-5-7-9-17/h5-9,12,14H,10-11,13H2,1-4H3. The number of ether oxygens (including phenoxy) is 1. The number of pyridine rings is 1. The Labute approximate surface area is 180 Å². The summed E-state index contributed by atoms with van der Waals surface area (Å²) in [5, 5.41) is 13.4. The van der Waals surface area contributed by atoms with Crippen molar-refractivity contribution in [3.8, 4) is 11.5 Å². The molecule has 0 amide bonds. The second-order valence-electron chi connectivity index (χ2n) is 7.75. The summed E-state index contributed by atoms with van der Waals surface area (Å²) in [5.74, 6) is 0.346. The molecule has 0 unspecified atom stereocenters. The number of fused-ring (bicyclic) bond motifs is 1. The van der Waals surface area contributed by atoms with Gasteiger partial charge in [-0.25, -0.2) is 9.67 Å². The molecule has 0 bridgehead atoms. The van der Waals surface area contributed by atoms with E-state index >= 15 is 0 Å². The molecule has 0 N–H and O–H groups in total. The highest BCUT2D eigenvalue weighted by molar-refractivity contribution is 5.80. The maximum Gasteiger partial charge on any atom is 0.306 e. The predicted molar refractivity (Wildman–Crippen MR) is 115 cm³/mol. The number of nitrogens with zero attached hydrogens (tertiary/aromatic N) is 5. The van der Waals surface area contributed by atoms with Crippen LogP contribution in [0.15, 0.2) is 40.9 Å². The van der Waals surface area contributed by atoms with E-state index < -0.39 is 0 Å². The van der Waals surface area contributed by atoms with Crippen molar-refractivity contribution in [3.63, 3.8) is 0 Å². The second kappa shape index (κ2) is 8.67. The predicted octanol–water partition coefficient (Wildman–Crippen LogP) is 4.36. The third-order valence-corrected chi connectivity index (χ3v) is 5.25. The number of carbonyl (C=O) groups excluding carboxylic acids is 1. The number of aryl methyl sites for hydroxylation is 2. The number of hydrogen-bond donors (Lipinski definition) is 0. The zero-order chi connectivity index (χ0) is 22.0. The van der Waals surface area contributed by atoms with Crippen LogP contribution in [-0.2, 0) is 22.6 Å². The number of esters is 1. The van der Waals surface area contributed by atoms with Crippen molar-refractivity contribution in [1.29, 1.82) is 0 Å². The SMILES string of the molecule is Cc1nc2c(cnn2C(C)C)c(C)c1CCC(=O)OCc1nnc(-c2ccccc2)o1. The third-order valence-electron chi connectivity index (χ3n) is 5.25. The summed E-state index contributed by atoms with van der Waals surface area (Å²) in [5.41, 5.74) is 4.76. The Bertz CT molecular complexity index is 1210. The van der Waals surface area contributed by atoms with Crippen LogP contribution in [0.25, 0.3) is 22.5 Å². The summed E-state index contributed by atoms with van der Waals surface area (Å²) in [7, 11) is 0. The maximum absolute atomic E-state index is 12.3. The lowest BCUT2D eigenvalue weighted by Crippen LogP contribution is -2.09. The minimum absolute atomic E-state index is 0.0466. The van der Waals surface area contributed by atoms with E-state index in [0.717, 1.165) is 33.4 Å². The third kappa shape index (κ3) is 4.33. The highest BCUT2D eigenvalue weighted by Crippen LogP contribution is 2.25. The van der Waals surface area contributed by atoms with Gasteiger partial charge in [0.05, 0.1) is 6.20 Å². The molecule has 0 aliphatic heterocycles.